The molecule has 1 aliphatic heterocycles. The van der Waals surface area contributed by atoms with Crippen molar-refractivity contribution >= 4 is 5.91 Å². The third-order valence-corrected chi connectivity index (χ3v) is 3.87. The predicted octanol–water partition coefficient (Wildman–Crippen LogP) is 0.546. The molecule has 21 heavy (non-hydrogen) atoms. The number of rotatable bonds is 6. The van der Waals surface area contributed by atoms with E-state index in [0.717, 1.165) is 13.0 Å². The molecule has 0 unspecified atom stereocenters. The first-order valence-electron chi connectivity index (χ1n) is 7.39. The summed E-state index contributed by atoms with van der Waals surface area (Å²) in [6.07, 6.45) is 3.30. The van der Waals surface area contributed by atoms with Crippen LogP contribution in [0.4, 0.5) is 0 Å². The molecule has 0 spiro atoms. The van der Waals surface area contributed by atoms with Crippen LogP contribution in [0.15, 0.2) is 6.20 Å². The van der Waals surface area contributed by atoms with E-state index in [1.165, 1.54) is 0 Å². The topological polar surface area (TPSA) is 80.5 Å². The number of carbonyl (C=O) groups excluding carboxylic acids is 1. The Morgan fingerprint density at radius 3 is 2.95 bits per heavy atom. The molecule has 0 radical (unpaired) electrons. The molecule has 1 amide bonds. The molecule has 1 aromatic rings. The Kier molecular flexibility index (Phi) is 5.30. The number of hydrogen-bond donors (Lipinski definition) is 1. The number of ether oxygens (including phenoxy) is 1. The van der Waals surface area contributed by atoms with Gasteiger partial charge >= 0.3 is 0 Å². The predicted molar refractivity (Wildman–Crippen MR) is 76.8 cm³/mol. The normalized spacial score (nSPS) is 22.2. The molecule has 118 valence electrons. The van der Waals surface area contributed by atoms with Gasteiger partial charge in [-0.05, 0) is 18.8 Å². The van der Waals surface area contributed by atoms with Crippen LogP contribution >= 0.6 is 0 Å². The number of methoxy groups -OCH3 is 1. The van der Waals surface area contributed by atoms with Gasteiger partial charge in [-0.25, -0.2) is 0 Å². The molecule has 2 rings (SSSR count). The van der Waals surface area contributed by atoms with Gasteiger partial charge in [0, 0.05) is 20.2 Å². The first kappa shape index (κ1) is 15.9. The number of carbonyl (C=O) groups is 1. The average Bonchev–Trinajstić information content (AvgIpc) is 3.10. The highest BCUT2D eigenvalue weighted by Crippen LogP contribution is 2.21. The van der Waals surface area contributed by atoms with Gasteiger partial charge in [0.15, 0.2) is 5.69 Å². The number of aliphatic hydroxyl groups excluding tert-OH is 1. The summed E-state index contributed by atoms with van der Waals surface area (Å²) in [5, 5.41) is 17.4. The van der Waals surface area contributed by atoms with Crippen molar-refractivity contribution in [2.24, 2.45) is 5.92 Å². The minimum Gasteiger partial charge on any atom is -0.394 e. The summed E-state index contributed by atoms with van der Waals surface area (Å²) in [4.78, 5) is 14.1. The molecule has 1 aliphatic rings. The highest BCUT2D eigenvalue weighted by Gasteiger charge is 2.36. The van der Waals surface area contributed by atoms with Crippen LogP contribution in [0.25, 0.3) is 0 Å². The molecule has 0 bridgehead atoms. The lowest BCUT2D eigenvalue weighted by Crippen LogP contribution is -2.38. The lowest BCUT2D eigenvalue weighted by Gasteiger charge is -2.21. The molecular formula is C14H24N4O3. The lowest BCUT2D eigenvalue weighted by atomic mass is 10.1. The van der Waals surface area contributed by atoms with Crippen LogP contribution in [0, 0.1) is 5.92 Å². The molecule has 1 fully saturated rings. The largest absolute Gasteiger partial charge is 0.394 e. The fourth-order valence-corrected chi connectivity index (χ4v) is 2.51. The van der Waals surface area contributed by atoms with Gasteiger partial charge in [-0.2, -0.15) is 0 Å². The number of aryl methyl sites for hydroxylation is 1. The zero-order valence-corrected chi connectivity index (χ0v) is 12.9. The van der Waals surface area contributed by atoms with E-state index in [4.69, 9.17) is 4.74 Å². The second kappa shape index (κ2) is 7.00. The minimum atomic E-state index is -0.205. The van der Waals surface area contributed by atoms with Crippen molar-refractivity contribution in [3.63, 3.8) is 0 Å². The van der Waals surface area contributed by atoms with Crippen LogP contribution in [0.3, 0.4) is 0 Å². The van der Waals surface area contributed by atoms with Crippen molar-refractivity contribution in [2.45, 2.75) is 45.4 Å². The van der Waals surface area contributed by atoms with Gasteiger partial charge in [0.2, 0.25) is 0 Å². The molecule has 2 atom stereocenters. The van der Waals surface area contributed by atoms with Crippen molar-refractivity contribution in [3.05, 3.63) is 11.9 Å². The van der Waals surface area contributed by atoms with E-state index in [1.807, 2.05) is 0 Å². The van der Waals surface area contributed by atoms with Crippen molar-refractivity contribution in [1.29, 1.82) is 0 Å². The molecule has 0 aromatic carbocycles. The van der Waals surface area contributed by atoms with Crippen molar-refractivity contribution in [2.75, 3.05) is 20.3 Å². The second-order valence-electron chi connectivity index (χ2n) is 5.94. The third kappa shape index (κ3) is 3.79. The molecule has 2 heterocycles. The van der Waals surface area contributed by atoms with E-state index < -0.39 is 0 Å². The summed E-state index contributed by atoms with van der Waals surface area (Å²) in [7, 11) is 1.62. The number of aromatic nitrogens is 3. The van der Waals surface area contributed by atoms with Crippen molar-refractivity contribution in [1.82, 2.24) is 19.9 Å². The Labute approximate surface area is 124 Å². The van der Waals surface area contributed by atoms with Gasteiger partial charge in [-0.15, -0.1) is 5.10 Å². The maximum atomic E-state index is 12.5. The average molecular weight is 296 g/mol. The quantitative estimate of drug-likeness (QED) is 0.829. The standard InChI is InChI=1S/C14H24N4O3/c1-10(2)4-5-17-8-13(15-16-17)14(20)18-7-12(21-3)6-11(18)9-19/h8,10-12,19H,4-7,9H2,1-3H3/t11-,12-/m0/s1. The van der Waals surface area contributed by atoms with Crippen LogP contribution in [-0.2, 0) is 11.3 Å². The van der Waals surface area contributed by atoms with E-state index in [2.05, 4.69) is 24.2 Å². The number of nitrogens with zero attached hydrogens (tertiary/aromatic N) is 4. The fourth-order valence-electron chi connectivity index (χ4n) is 2.51. The molecule has 1 aromatic heterocycles. The molecule has 1 N–H and O–H groups in total. The Balaban J connectivity index is 2.02. The summed E-state index contributed by atoms with van der Waals surface area (Å²) >= 11 is 0. The van der Waals surface area contributed by atoms with Crippen LogP contribution in [0.5, 0.6) is 0 Å². The molecular weight excluding hydrogens is 272 g/mol. The molecule has 7 nitrogen and oxygen atoms in total. The van der Waals surface area contributed by atoms with Gasteiger partial charge in [0.05, 0.1) is 24.9 Å². The first-order chi connectivity index (χ1) is 10.0. The summed E-state index contributed by atoms with van der Waals surface area (Å²) in [5.41, 5.74) is 0.328. The van der Waals surface area contributed by atoms with Gasteiger partial charge < -0.3 is 14.7 Å². The summed E-state index contributed by atoms with van der Waals surface area (Å²) in [5.74, 6) is 0.387. The third-order valence-electron chi connectivity index (χ3n) is 3.87. The van der Waals surface area contributed by atoms with Gasteiger partial charge in [0.25, 0.3) is 5.91 Å². The van der Waals surface area contributed by atoms with Crippen LogP contribution in [-0.4, -0.2) is 63.3 Å². The maximum Gasteiger partial charge on any atom is 0.276 e. The first-order valence-corrected chi connectivity index (χ1v) is 7.39. The van der Waals surface area contributed by atoms with Gasteiger partial charge in [-0.1, -0.05) is 19.1 Å². The highest BCUT2D eigenvalue weighted by atomic mass is 16.5. The highest BCUT2D eigenvalue weighted by molar-refractivity contribution is 5.92. The van der Waals surface area contributed by atoms with Gasteiger partial charge in [0.1, 0.15) is 0 Å². The molecule has 0 aliphatic carbocycles. The molecule has 7 heteroatoms. The Morgan fingerprint density at radius 2 is 2.33 bits per heavy atom. The lowest BCUT2D eigenvalue weighted by molar-refractivity contribution is 0.0642. The zero-order chi connectivity index (χ0) is 15.4. The van der Waals surface area contributed by atoms with E-state index >= 15 is 0 Å². The van der Waals surface area contributed by atoms with E-state index in [0.29, 0.717) is 24.6 Å². The van der Waals surface area contributed by atoms with Crippen LogP contribution in [0.1, 0.15) is 37.2 Å². The maximum absolute atomic E-state index is 12.5. The number of likely N-dealkylation sites (tertiary alicyclic amines) is 1. The van der Waals surface area contributed by atoms with Crippen molar-refractivity contribution < 1.29 is 14.6 Å². The van der Waals surface area contributed by atoms with E-state index in [-0.39, 0.29) is 24.7 Å². The van der Waals surface area contributed by atoms with Crippen molar-refractivity contribution in [3.8, 4) is 0 Å². The zero-order valence-electron chi connectivity index (χ0n) is 12.9. The second-order valence-corrected chi connectivity index (χ2v) is 5.94. The van der Waals surface area contributed by atoms with Crippen LogP contribution in [0.2, 0.25) is 0 Å². The van der Waals surface area contributed by atoms with Crippen LogP contribution < -0.4 is 0 Å². The smallest absolute Gasteiger partial charge is 0.276 e. The SMILES string of the molecule is CO[C@H]1C[C@@H](CO)N(C(=O)c2cn(CCC(C)C)nn2)C1. The monoisotopic (exact) mass is 296 g/mol. The molecule has 0 saturated carbocycles. The van der Waals surface area contributed by atoms with E-state index in [1.54, 1.807) is 22.9 Å². The van der Waals surface area contributed by atoms with E-state index in [9.17, 15) is 9.90 Å². The number of aliphatic hydroxyl groups is 1. The minimum absolute atomic E-state index is 0.0258. The summed E-state index contributed by atoms with van der Waals surface area (Å²) < 4.78 is 6.98. The summed E-state index contributed by atoms with van der Waals surface area (Å²) in [6.45, 7) is 5.46. The summed E-state index contributed by atoms with van der Waals surface area (Å²) in [6, 6.07) is -0.205. The number of hydrogen-bond acceptors (Lipinski definition) is 5. The number of amides is 1. The Morgan fingerprint density at radius 1 is 1.57 bits per heavy atom. The van der Waals surface area contributed by atoms with Gasteiger partial charge in [-0.3, -0.25) is 9.48 Å². The Hall–Kier alpha value is -1.47. The molecule has 1 saturated heterocycles. The Bertz CT molecular complexity index is 475. The fraction of sp³-hybridized carbons (Fsp3) is 0.786.